The number of benzene rings is 1. The summed E-state index contributed by atoms with van der Waals surface area (Å²) in [7, 11) is 1.60. The molecule has 1 aromatic rings. The molecule has 1 heterocycles. The molecule has 2 rings (SSSR count). The molecule has 0 spiro atoms. The summed E-state index contributed by atoms with van der Waals surface area (Å²) < 4.78 is 0. The fraction of sp³-hybridized carbons (Fsp3) is 0.375. The molecule has 0 aliphatic carbocycles. The van der Waals surface area contributed by atoms with Crippen molar-refractivity contribution in [2.75, 3.05) is 20.1 Å². The van der Waals surface area contributed by atoms with Gasteiger partial charge in [0.2, 0.25) is 5.91 Å². The number of carbonyl (C=O) groups excluding carboxylic acids is 2. The summed E-state index contributed by atoms with van der Waals surface area (Å²) in [6.07, 6.45) is 5.26. The van der Waals surface area contributed by atoms with Crippen molar-refractivity contribution >= 4 is 30.3 Å². The van der Waals surface area contributed by atoms with Gasteiger partial charge < -0.3 is 16.0 Å². The van der Waals surface area contributed by atoms with E-state index >= 15 is 0 Å². The molecule has 1 fully saturated rings. The maximum Gasteiger partial charge on any atom is 0.251 e. The molecule has 6 heteroatoms. The van der Waals surface area contributed by atoms with E-state index < -0.39 is 0 Å². The molecule has 1 atom stereocenters. The minimum absolute atomic E-state index is 0. The summed E-state index contributed by atoms with van der Waals surface area (Å²) in [4.78, 5) is 25.3. The van der Waals surface area contributed by atoms with Crippen LogP contribution in [0.1, 0.15) is 28.8 Å². The Labute approximate surface area is 137 Å². The summed E-state index contributed by atoms with van der Waals surface area (Å²) >= 11 is 0. The van der Waals surface area contributed by atoms with Gasteiger partial charge in [-0.05, 0) is 36.6 Å². The van der Waals surface area contributed by atoms with E-state index in [0.29, 0.717) is 12.1 Å². The Balaban J connectivity index is 0.00000242. The highest BCUT2D eigenvalue weighted by atomic mass is 35.5. The third kappa shape index (κ3) is 4.86. The maximum absolute atomic E-state index is 12.1. The Morgan fingerprint density at radius 3 is 2.59 bits per heavy atom. The van der Waals surface area contributed by atoms with Crippen LogP contribution in [0.15, 0.2) is 30.3 Å². The van der Waals surface area contributed by atoms with Gasteiger partial charge in [-0.3, -0.25) is 9.59 Å². The lowest BCUT2D eigenvalue weighted by Gasteiger charge is -2.29. The number of nitrogens with one attached hydrogen (secondary N) is 1. The molecule has 120 valence electrons. The third-order valence-electron chi connectivity index (χ3n) is 3.59. The molecule has 0 bridgehead atoms. The second-order valence-electron chi connectivity index (χ2n) is 5.22. The van der Waals surface area contributed by atoms with Crippen molar-refractivity contribution in [3.63, 3.8) is 0 Å². The largest absolute Gasteiger partial charge is 0.355 e. The van der Waals surface area contributed by atoms with E-state index in [4.69, 9.17) is 5.73 Å². The van der Waals surface area contributed by atoms with Gasteiger partial charge >= 0.3 is 0 Å². The van der Waals surface area contributed by atoms with Crippen LogP contribution >= 0.6 is 12.4 Å². The second-order valence-corrected chi connectivity index (χ2v) is 5.22. The van der Waals surface area contributed by atoms with E-state index in [1.54, 1.807) is 36.2 Å². The summed E-state index contributed by atoms with van der Waals surface area (Å²) in [6, 6.07) is 7.19. The SMILES string of the molecule is CNC(=O)c1ccc(C=CC(=O)N2CCCC(N)C2)cc1.Cl. The van der Waals surface area contributed by atoms with Gasteiger partial charge in [-0.25, -0.2) is 0 Å². The third-order valence-corrected chi connectivity index (χ3v) is 3.59. The molecule has 1 aliphatic rings. The average Bonchev–Trinajstić information content (AvgIpc) is 2.52. The molecule has 1 aromatic carbocycles. The average molecular weight is 324 g/mol. The highest BCUT2D eigenvalue weighted by Crippen LogP contribution is 2.10. The number of hydrogen-bond donors (Lipinski definition) is 2. The van der Waals surface area contributed by atoms with Gasteiger partial charge in [-0.1, -0.05) is 12.1 Å². The molecule has 2 amide bonds. The predicted molar refractivity (Wildman–Crippen MR) is 89.9 cm³/mol. The standard InChI is InChI=1S/C16H21N3O2.ClH/c1-18-16(21)13-7-4-12(5-8-13)6-9-15(20)19-10-2-3-14(17)11-19;/h4-9,14H,2-3,10-11,17H2,1H3,(H,18,21);1H. The molecule has 5 nitrogen and oxygen atoms in total. The lowest BCUT2D eigenvalue weighted by molar-refractivity contribution is -0.127. The number of rotatable bonds is 3. The van der Waals surface area contributed by atoms with Crippen LogP contribution in [0.3, 0.4) is 0 Å². The number of carbonyl (C=O) groups is 2. The van der Waals surface area contributed by atoms with Crippen molar-refractivity contribution < 1.29 is 9.59 Å². The topological polar surface area (TPSA) is 75.4 Å². The summed E-state index contributed by atoms with van der Waals surface area (Å²) in [5.74, 6) is -0.135. The summed E-state index contributed by atoms with van der Waals surface area (Å²) in [5.41, 5.74) is 7.36. The molecular formula is C16H22ClN3O2. The number of likely N-dealkylation sites (tertiary alicyclic amines) is 1. The number of hydrogen-bond acceptors (Lipinski definition) is 3. The fourth-order valence-corrected chi connectivity index (χ4v) is 2.37. The molecule has 1 aliphatic heterocycles. The van der Waals surface area contributed by atoms with Gasteiger partial charge in [-0.15, -0.1) is 12.4 Å². The first-order valence-corrected chi connectivity index (χ1v) is 7.15. The van der Waals surface area contributed by atoms with E-state index in [0.717, 1.165) is 24.9 Å². The van der Waals surface area contributed by atoms with Crippen LogP contribution in [0.2, 0.25) is 0 Å². The lowest BCUT2D eigenvalue weighted by atomic mass is 10.1. The van der Waals surface area contributed by atoms with Crippen LogP contribution in [-0.4, -0.2) is 42.9 Å². The number of amides is 2. The highest BCUT2D eigenvalue weighted by Gasteiger charge is 2.19. The van der Waals surface area contributed by atoms with Crippen molar-refractivity contribution in [1.82, 2.24) is 10.2 Å². The summed E-state index contributed by atoms with van der Waals surface area (Å²) in [6.45, 7) is 1.39. The van der Waals surface area contributed by atoms with Crippen molar-refractivity contribution in [2.24, 2.45) is 5.73 Å². The van der Waals surface area contributed by atoms with Crippen molar-refractivity contribution in [1.29, 1.82) is 0 Å². The molecule has 0 radical (unpaired) electrons. The number of piperidine rings is 1. The Morgan fingerprint density at radius 1 is 1.32 bits per heavy atom. The van der Waals surface area contributed by atoms with Gasteiger partial charge in [0.15, 0.2) is 0 Å². The molecule has 0 aromatic heterocycles. The van der Waals surface area contributed by atoms with Gasteiger partial charge in [-0.2, -0.15) is 0 Å². The monoisotopic (exact) mass is 323 g/mol. The Hall–Kier alpha value is -1.85. The minimum atomic E-state index is -0.121. The first kappa shape index (κ1) is 18.2. The summed E-state index contributed by atoms with van der Waals surface area (Å²) in [5, 5.41) is 2.57. The van der Waals surface area contributed by atoms with Crippen LogP contribution in [-0.2, 0) is 4.79 Å². The van der Waals surface area contributed by atoms with Crippen LogP contribution in [0.4, 0.5) is 0 Å². The lowest BCUT2D eigenvalue weighted by Crippen LogP contribution is -2.45. The smallest absolute Gasteiger partial charge is 0.251 e. The van der Waals surface area contributed by atoms with Crippen LogP contribution < -0.4 is 11.1 Å². The minimum Gasteiger partial charge on any atom is -0.355 e. The Morgan fingerprint density at radius 2 is 2.00 bits per heavy atom. The van der Waals surface area contributed by atoms with Crippen LogP contribution in [0.5, 0.6) is 0 Å². The molecule has 1 unspecified atom stereocenters. The van der Waals surface area contributed by atoms with Crippen molar-refractivity contribution in [2.45, 2.75) is 18.9 Å². The zero-order valence-corrected chi connectivity index (χ0v) is 13.4. The van der Waals surface area contributed by atoms with Gasteiger partial charge in [0.25, 0.3) is 5.91 Å². The zero-order chi connectivity index (χ0) is 15.2. The van der Waals surface area contributed by atoms with E-state index in [-0.39, 0.29) is 30.3 Å². The molecular weight excluding hydrogens is 302 g/mol. The van der Waals surface area contributed by atoms with Crippen molar-refractivity contribution in [3.8, 4) is 0 Å². The Kier molecular flexibility index (Phi) is 7.08. The highest BCUT2D eigenvalue weighted by molar-refractivity contribution is 5.94. The zero-order valence-electron chi connectivity index (χ0n) is 12.6. The van der Waals surface area contributed by atoms with E-state index in [1.807, 2.05) is 12.1 Å². The predicted octanol–water partition coefficient (Wildman–Crippen LogP) is 1.43. The van der Waals surface area contributed by atoms with Gasteiger partial charge in [0.05, 0.1) is 0 Å². The van der Waals surface area contributed by atoms with Crippen molar-refractivity contribution in [3.05, 3.63) is 41.5 Å². The molecule has 22 heavy (non-hydrogen) atoms. The molecule has 0 saturated carbocycles. The Bertz CT molecular complexity index is 543. The molecule has 1 saturated heterocycles. The fourth-order valence-electron chi connectivity index (χ4n) is 2.37. The van der Waals surface area contributed by atoms with Gasteiger partial charge in [0.1, 0.15) is 0 Å². The van der Waals surface area contributed by atoms with Crippen LogP contribution in [0.25, 0.3) is 6.08 Å². The second kappa shape index (κ2) is 8.56. The quantitative estimate of drug-likeness (QED) is 0.826. The normalized spacial score (nSPS) is 17.9. The van der Waals surface area contributed by atoms with E-state index in [9.17, 15) is 9.59 Å². The number of nitrogens with zero attached hydrogens (tertiary/aromatic N) is 1. The number of nitrogens with two attached hydrogens (primary N) is 1. The van der Waals surface area contributed by atoms with Gasteiger partial charge in [0, 0.05) is 37.8 Å². The first-order chi connectivity index (χ1) is 10.1. The van der Waals surface area contributed by atoms with E-state index in [1.165, 1.54) is 0 Å². The maximum atomic E-state index is 12.1. The molecule has 3 N–H and O–H groups in total. The number of halogens is 1. The van der Waals surface area contributed by atoms with Crippen LogP contribution in [0, 0.1) is 0 Å². The first-order valence-electron chi connectivity index (χ1n) is 7.15. The van der Waals surface area contributed by atoms with E-state index in [2.05, 4.69) is 5.32 Å².